The Hall–Kier alpha value is -1.85. The Morgan fingerprint density at radius 2 is 1.68 bits per heavy atom. The van der Waals surface area contributed by atoms with Crippen molar-refractivity contribution in [2.45, 2.75) is 57.8 Å². The first-order valence-electron chi connectivity index (χ1n) is 9.07. The number of thioether (sulfide) groups is 1. The molecule has 5 atom stereocenters. The number of hydrogen-bond donors (Lipinski definition) is 6. The van der Waals surface area contributed by atoms with Crippen molar-refractivity contribution in [2.75, 3.05) is 18.6 Å². The number of carboxylic acid groups (broad SMARTS) is 1. The maximum absolute atomic E-state index is 12.2. The van der Waals surface area contributed by atoms with Crippen LogP contribution in [-0.4, -0.2) is 76.7 Å². The Kier molecular flexibility index (Phi) is 12.5. The number of amides is 3. The second-order valence-corrected chi connectivity index (χ2v) is 7.59. The smallest absolute Gasteiger partial charge is 0.326 e. The molecule has 0 rings (SSSR count). The van der Waals surface area contributed by atoms with E-state index in [-0.39, 0.29) is 5.92 Å². The van der Waals surface area contributed by atoms with Gasteiger partial charge in [-0.3, -0.25) is 14.4 Å². The third-order valence-corrected chi connectivity index (χ3v) is 4.90. The summed E-state index contributed by atoms with van der Waals surface area (Å²) in [5.41, 5.74) is 5.74. The SMILES string of the molecule is CCC(C)C(NC(=O)CNC(=O)C(NC(=O)C(N)CCSC)C(C)O)C(=O)O. The standard InChI is InChI=1S/C17H32N4O6S/c1-5-9(2)13(17(26)27)20-12(23)8-19-16(25)14(10(3)22)21-15(24)11(18)6-7-28-4/h9-11,13-14,22H,5-8,18H2,1-4H3,(H,19,25)(H,20,23)(H,21,24)(H,26,27). The van der Waals surface area contributed by atoms with E-state index in [2.05, 4.69) is 16.0 Å². The molecule has 7 N–H and O–H groups in total. The van der Waals surface area contributed by atoms with Crippen LogP contribution < -0.4 is 21.7 Å². The molecule has 0 aliphatic rings. The average molecular weight is 421 g/mol. The second-order valence-electron chi connectivity index (χ2n) is 6.60. The van der Waals surface area contributed by atoms with Crippen molar-refractivity contribution in [3.8, 4) is 0 Å². The molecule has 0 radical (unpaired) electrons. The minimum Gasteiger partial charge on any atom is -0.480 e. The Balaban J connectivity index is 4.74. The fourth-order valence-electron chi connectivity index (χ4n) is 2.23. The highest BCUT2D eigenvalue weighted by molar-refractivity contribution is 7.98. The fourth-order valence-corrected chi connectivity index (χ4v) is 2.72. The van der Waals surface area contributed by atoms with Crippen LogP contribution in [0.4, 0.5) is 0 Å². The summed E-state index contributed by atoms with van der Waals surface area (Å²) in [5.74, 6) is -2.82. The lowest BCUT2D eigenvalue weighted by Crippen LogP contribution is -2.57. The van der Waals surface area contributed by atoms with Crippen LogP contribution in [0.3, 0.4) is 0 Å². The van der Waals surface area contributed by atoms with Gasteiger partial charge in [-0.25, -0.2) is 4.79 Å². The monoisotopic (exact) mass is 420 g/mol. The van der Waals surface area contributed by atoms with E-state index >= 15 is 0 Å². The third kappa shape index (κ3) is 9.38. The van der Waals surface area contributed by atoms with Gasteiger partial charge < -0.3 is 31.9 Å². The summed E-state index contributed by atoms with van der Waals surface area (Å²) in [5, 5.41) is 26.0. The number of aliphatic carboxylic acids is 1. The summed E-state index contributed by atoms with van der Waals surface area (Å²) in [6.45, 7) is 4.32. The number of nitrogens with two attached hydrogens (primary N) is 1. The van der Waals surface area contributed by atoms with Gasteiger partial charge in [-0.2, -0.15) is 11.8 Å². The van der Waals surface area contributed by atoms with Crippen molar-refractivity contribution in [3.63, 3.8) is 0 Å². The van der Waals surface area contributed by atoms with Gasteiger partial charge in [0.15, 0.2) is 0 Å². The molecule has 0 fully saturated rings. The van der Waals surface area contributed by atoms with Gasteiger partial charge in [-0.1, -0.05) is 20.3 Å². The van der Waals surface area contributed by atoms with Crippen molar-refractivity contribution in [3.05, 3.63) is 0 Å². The highest BCUT2D eigenvalue weighted by Gasteiger charge is 2.29. The van der Waals surface area contributed by atoms with E-state index in [4.69, 9.17) is 5.73 Å². The maximum atomic E-state index is 12.2. The van der Waals surface area contributed by atoms with Gasteiger partial charge in [0.1, 0.15) is 12.1 Å². The second kappa shape index (κ2) is 13.3. The summed E-state index contributed by atoms with van der Waals surface area (Å²) in [7, 11) is 0. The highest BCUT2D eigenvalue weighted by Crippen LogP contribution is 2.07. The number of carboxylic acids is 1. The summed E-state index contributed by atoms with van der Waals surface area (Å²) in [4.78, 5) is 47.5. The fraction of sp³-hybridized carbons (Fsp3) is 0.765. The van der Waals surface area contributed by atoms with Gasteiger partial charge in [0.05, 0.1) is 18.7 Å². The highest BCUT2D eigenvalue weighted by atomic mass is 32.2. The first-order valence-corrected chi connectivity index (χ1v) is 10.5. The van der Waals surface area contributed by atoms with Gasteiger partial charge in [0.25, 0.3) is 0 Å². The first kappa shape index (κ1) is 26.1. The molecule has 0 aromatic heterocycles. The number of carbonyl (C=O) groups excluding carboxylic acids is 3. The van der Waals surface area contributed by atoms with E-state index in [9.17, 15) is 29.4 Å². The number of nitrogens with one attached hydrogen (secondary N) is 3. The maximum Gasteiger partial charge on any atom is 0.326 e. The molecule has 0 heterocycles. The van der Waals surface area contributed by atoms with Crippen molar-refractivity contribution in [2.24, 2.45) is 11.7 Å². The van der Waals surface area contributed by atoms with Crippen LogP contribution in [0.1, 0.15) is 33.6 Å². The number of hydrogen-bond acceptors (Lipinski definition) is 7. The zero-order chi connectivity index (χ0) is 21.9. The zero-order valence-corrected chi connectivity index (χ0v) is 17.5. The van der Waals surface area contributed by atoms with Crippen molar-refractivity contribution >= 4 is 35.5 Å². The summed E-state index contributed by atoms with van der Waals surface area (Å²) < 4.78 is 0. The topological polar surface area (TPSA) is 171 Å². The lowest BCUT2D eigenvalue weighted by atomic mass is 9.99. The Morgan fingerprint density at radius 3 is 2.14 bits per heavy atom. The van der Waals surface area contributed by atoms with E-state index in [1.165, 1.54) is 18.7 Å². The number of rotatable bonds is 13. The van der Waals surface area contributed by atoms with Gasteiger partial charge >= 0.3 is 5.97 Å². The minimum absolute atomic E-state index is 0.288. The molecular weight excluding hydrogens is 388 g/mol. The number of carbonyl (C=O) groups is 4. The zero-order valence-electron chi connectivity index (χ0n) is 16.7. The first-order chi connectivity index (χ1) is 13.0. The molecule has 0 aliphatic carbocycles. The van der Waals surface area contributed by atoms with E-state index in [0.29, 0.717) is 18.6 Å². The molecule has 5 unspecified atom stereocenters. The van der Waals surface area contributed by atoms with E-state index < -0.39 is 54.5 Å². The van der Waals surface area contributed by atoms with Gasteiger partial charge in [0, 0.05) is 0 Å². The molecule has 0 aromatic rings. The average Bonchev–Trinajstić information content (AvgIpc) is 2.64. The molecule has 0 aliphatic heterocycles. The normalized spacial score (nSPS) is 16.2. The van der Waals surface area contributed by atoms with Crippen LogP contribution in [0.2, 0.25) is 0 Å². The Labute approximate surface area is 169 Å². The predicted octanol–water partition coefficient (Wildman–Crippen LogP) is -1.34. The van der Waals surface area contributed by atoms with Crippen LogP contribution in [0.5, 0.6) is 0 Å². The van der Waals surface area contributed by atoms with Gasteiger partial charge in [-0.15, -0.1) is 0 Å². The molecule has 162 valence electrons. The quantitative estimate of drug-likeness (QED) is 0.213. The van der Waals surface area contributed by atoms with Crippen LogP contribution in [-0.2, 0) is 19.2 Å². The molecular formula is C17H32N4O6S. The van der Waals surface area contributed by atoms with Crippen LogP contribution >= 0.6 is 11.8 Å². The van der Waals surface area contributed by atoms with Crippen molar-refractivity contribution < 1.29 is 29.4 Å². The van der Waals surface area contributed by atoms with Crippen LogP contribution in [0.25, 0.3) is 0 Å². The molecule has 0 bridgehead atoms. The molecule has 0 spiro atoms. The largest absolute Gasteiger partial charge is 0.480 e. The molecule has 3 amide bonds. The molecule has 0 saturated heterocycles. The van der Waals surface area contributed by atoms with E-state index in [1.807, 2.05) is 6.26 Å². The van der Waals surface area contributed by atoms with Gasteiger partial charge in [-0.05, 0) is 31.3 Å². The van der Waals surface area contributed by atoms with Crippen molar-refractivity contribution in [1.29, 1.82) is 0 Å². The van der Waals surface area contributed by atoms with E-state index in [0.717, 1.165) is 0 Å². The van der Waals surface area contributed by atoms with Crippen LogP contribution in [0.15, 0.2) is 0 Å². The third-order valence-electron chi connectivity index (χ3n) is 4.25. The summed E-state index contributed by atoms with van der Waals surface area (Å²) >= 11 is 1.53. The van der Waals surface area contributed by atoms with Crippen LogP contribution in [0, 0.1) is 5.92 Å². The van der Waals surface area contributed by atoms with Crippen molar-refractivity contribution in [1.82, 2.24) is 16.0 Å². The molecule has 11 heteroatoms. The van der Waals surface area contributed by atoms with E-state index in [1.54, 1.807) is 13.8 Å². The van der Waals surface area contributed by atoms with Gasteiger partial charge in [0.2, 0.25) is 17.7 Å². The summed E-state index contributed by atoms with van der Waals surface area (Å²) in [6, 6.07) is -3.18. The Morgan fingerprint density at radius 1 is 1.07 bits per heavy atom. The minimum atomic E-state index is -1.29. The summed E-state index contributed by atoms with van der Waals surface area (Å²) in [6.07, 6.45) is 1.62. The Bertz CT molecular complexity index is 546. The molecule has 0 saturated carbocycles. The molecule has 0 aromatic carbocycles. The predicted molar refractivity (Wildman–Crippen MR) is 107 cm³/mol. The number of aliphatic hydroxyl groups excluding tert-OH is 1. The number of aliphatic hydroxyl groups is 1. The lowest BCUT2D eigenvalue weighted by molar-refractivity contribution is -0.143. The molecule has 28 heavy (non-hydrogen) atoms. The molecule has 10 nitrogen and oxygen atoms in total. The lowest BCUT2D eigenvalue weighted by Gasteiger charge is -2.23.